The summed E-state index contributed by atoms with van der Waals surface area (Å²) < 4.78 is 14.8. The highest BCUT2D eigenvalue weighted by atomic mass is 19.1. The minimum atomic E-state index is -0.409. The molecule has 2 aliphatic rings. The number of aromatic amines is 1. The van der Waals surface area contributed by atoms with Crippen LogP contribution in [0, 0.1) is 25.1 Å². The van der Waals surface area contributed by atoms with Crippen LogP contribution in [0.2, 0.25) is 0 Å². The first-order valence-electron chi connectivity index (χ1n) is 13.9. The normalized spacial score (nSPS) is 22.1. The molecule has 0 bridgehead atoms. The Hall–Kier alpha value is -4.15. The molecule has 0 unspecified atom stereocenters. The van der Waals surface area contributed by atoms with Crippen molar-refractivity contribution in [2.75, 3.05) is 11.9 Å². The van der Waals surface area contributed by atoms with Crippen molar-refractivity contribution in [2.24, 2.45) is 5.41 Å². The highest BCUT2D eigenvalue weighted by molar-refractivity contribution is 5.84. The first kappa shape index (κ1) is 26.1. The van der Waals surface area contributed by atoms with E-state index in [0.717, 1.165) is 85.7 Å². The topological polar surface area (TPSA) is 118 Å². The van der Waals surface area contributed by atoms with E-state index in [0.29, 0.717) is 5.82 Å². The summed E-state index contributed by atoms with van der Waals surface area (Å²) in [5.41, 5.74) is 2.51. The van der Waals surface area contributed by atoms with Crippen LogP contribution in [0.25, 0.3) is 5.82 Å². The maximum absolute atomic E-state index is 14.0. The van der Waals surface area contributed by atoms with Crippen molar-refractivity contribution in [3.05, 3.63) is 71.4 Å². The van der Waals surface area contributed by atoms with Gasteiger partial charge in [0.2, 0.25) is 5.91 Å². The highest BCUT2D eigenvalue weighted by Crippen LogP contribution is 2.49. The molecule has 2 N–H and O–H groups in total. The third-order valence-corrected chi connectivity index (χ3v) is 8.42. The van der Waals surface area contributed by atoms with Crippen molar-refractivity contribution >= 4 is 17.5 Å². The Kier molecular flexibility index (Phi) is 6.81. The molecule has 6 rings (SSSR count). The maximum Gasteiger partial charge on any atom is 0.229 e. The molecule has 4 aromatic rings. The molecular formula is C29H34FN9O. The summed E-state index contributed by atoms with van der Waals surface area (Å²) in [6, 6.07) is 7.53. The van der Waals surface area contributed by atoms with E-state index in [4.69, 9.17) is 9.97 Å². The number of carbonyl (C=O) groups is 1. The van der Waals surface area contributed by atoms with Gasteiger partial charge < -0.3 is 10.2 Å². The van der Waals surface area contributed by atoms with Crippen molar-refractivity contribution < 1.29 is 9.18 Å². The summed E-state index contributed by atoms with van der Waals surface area (Å²) in [6.07, 6.45) is 9.54. The first-order chi connectivity index (χ1) is 19.3. The van der Waals surface area contributed by atoms with E-state index in [1.807, 2.05) is 43.0 Å². The van der Waals surface area contributed by atoms with Gasteiger partial charge in [-0.2, -0.15) is 10.2 Å². The second-order valence-corrected chi connectivity index (χ2v) is 11.2. The Bertz CT molecular complexity index is 1500. The second kappa shape index (κ2) is 10.4. The predicted molar refractivity (Wildman–Crippen MR) is 148 cm³/mol. The van der Waals surface area contributed by atoms with E-state index in [-0.39, 0.29) is 23.3 Å². The zero-order valence-electron chi connectivity index (χ0n) is 23.1. The predicted octanol–water partition coefficient (Wildman–Crippen LogP) is 5.31. The standard InChI is InChI=1S/C29H34FN9O/c1-18-13-24(34-25-14-19(2)36-37-25)35-27(33-18)21-7-10-29(11-8-21)9-4-12-38(28(29)40)20(3)22-5-6-26(31-15-22)39-17-23(30)16-32-39/h5-6,13-17,20-21H,4,7-12H2,1-3H3,(H2,33,34,35,36,37)/t20-,21?,29?/m1/s1. The van der Waals surface area contributed by atoms with Crippen LogP contribution in [0.15, 0.2) is 42.9 Å². The molecule has 11 heteroatoms. The number of aromatic nitrogens is 7. The van der Waals surface area contributed by atoms with Crippen LogP contribution in [0.4, 0.5) is 16.0 Å². The van der Waals surface area contributed by atoms with Gasteiger partial charge in [-0.1, -0.05) is 6.07 Å². The van der Waals surface area contributed by atoms with Gasteiger partial charge in [0, 0.05) is 47.6 Å². The highest BCUT2D eigenvalue weighted by Gasteiger charge is 2.47. The van der Waals surface area contributed by atoms with Gasteiger partial charge in [-0.25, -0.2) is 24.0 Å². The Labute approximate surface area is 232 Å². The van der Waals surface area contributed by atoms with E-state index in [2.05, 4.69) is 32.5 Å². The molecular weight excluding hydrogens is 509 g/mol. The minimum absolute atomic E-state index is 0.0993. The zero-order valence-corrected chi connectivity index (χ0v) is 23.1. The van der Waals surface area contributed by atoms with Crippen molar-refractivity contribution in [3.8, 4) is 5.82 Å². The number of halogens is 1. The van der Waals surface area contributed by atoms with Gasteiger partial charge in [-0.15, -0.1) is 0 Å². The van der Waals surface area contributed by atoms with Crippen molar-refractivity contribution in [2.45, 2.75) is 71.3 Å². The average Bonchev–Trinajstić information content (AvgIpc) is 3.57. The smallest absolute Gasteiger partial charge is 0.229 e. The number of H-pyrrole nitrogens is 1. The molecule has 2 fully saturated rings. The van der Waals surface area contributed by atoms with Crippen LogP contribution in [0.1, 0.15) is 80.2 Å². The van der Waals surface area contributed by atoms with Gasteiger partial charge in [0.1, 0.15) is 11.6 Å². The van der Waals surface area contributed by atoms with E-state index in [9.17, 15) is 9.18 Å². The van der Waals surface area contributed by atoms with E-state index < -0.39 is 5.82 Å². The fourth-order valence-corrected chi connectivity index (χ4v) is 6.20. The number of pyridine rings is 1. The monoisotopic (exact) mass is 543 g/mol. The molecule has 1 saturated heterocycles. The molecule has 1 amide bonds. The van der Waals surface area contributed by atoms with Crippen LogP contribution in [0.3, 0.4) is 0 Å². The van der Waals surface area contributed by atoms with Gasteiger partial charge in [0.25, 0.3) is 0 Å². The fourth-order valence-electron chi connectivity index (χ4n) is 6.20. The molecule has 1 aliphatic heterocycles. The van der Waals surface area contributed by atoms with Crippen LogP contribution >= 0.6 is 0 Å². The summed E-state index contributed by atoms with van der Waals surface area (Å²) in [5.74, 6) is 2.89. The lowest BCUT2D eigenvalue weighted by molar-refractivity contribution is -0.151. The average molecular weight is 544 g/mol. The molecule has 5 heterocycles. The quantitative estimate of drug-likeness (QED) is 0.339. The third-order valence-electron chi connectivity index (χ3n) is 8.42. The number of piperidine rings is 1. The molecule has 1 aliphatic carbocycles. The zero-order chi connectivity index (χ0) is 27.9. The Morgan fingerprint density at radius 3 is 2.60 bits per heavy atom. The molecule has 0 aromatic carbocycles. The molecule has 40 heavy (non-hydrogen) atoms. The minimum Gasteiger partial charge on any atom is -0.335 e. The van der Waals surface area contributed by atoms with E-state index in [1.54, 1.807) is 6.20 Å². The SMILES string of the molecule is Cc1cc(Nc2cc(C)[nH]n2)nc(C2CCC3(CCCN([C@H](C)c4ccc(-n5cc(F)cn5)nc4)C3=O)CC2)n1. The number of likely N-dealkylation sites (tertiary alicyclic amines) is 1. The first-order valence-corrected chi connectivity index (χ1v) is 13.9. The molecule has 4 aromatic heterocycles. The number of hydrogen-bond donors (Lipinski definition) is 2. The number of amides is 1. The number of carbonyl (C=O) groups excluding carboxylic acids is 1. The van der Waals surface area contributed by atoms with Crippen LogP contribution in [-0.2, 0) is 4.79 Å². The van der Waals surface area contributed by atoms with Gasteiger partial charge in [0.15, 0.2) is 17.5 Å². The molecule has 208 valence electrons. The molecule has 10 nitrogen and oxygen atoms in total. The van der Waals surface area contributed by atoms with Crippen LogP contribution in [0.5, 0.6) is 0 Å². The second-order valence-electron chi connectivity index (χ2n) is 11.2. The number of nitrogens with one attached hydrogen (secondary N) is 2. The van der Waals surface area contributed by atoms with E-state index in [1.165, 1.54) is 10.9 Å². The molecule has 1 atom stereocenters. The number of hydrogen-bond acceptors (Lipinski definition) is 7. The van der Waals surface area contributed by atoms with Crippen molar-refractivity contribution in [3.63, 3.8) is 0 Å². The summed E-state index contributed by atoms with van der Waals surface area (Å²) in [6.45, 7) is 6.73. The number of nitrogens with zero attached hydrogens (tertiary/aromatic N) is 7. The number of rotatable bonds is 6. The van der Waals surface area contributed by atoms with Gasteiger partial charge in [-0.05, 0) is 70.9 Å². The van der Waals surface area contributed by atoms with Gasteiger partial charge in [-0.3, -0.25) is 9.89 Å². The van der Waals surface area contributed by atoms with Crippen molar-refractivity contribution in [1.82, 2.24) is 39.8 Å². The summed E-state index contributed by atoms with van der Waals surface area (Å²) in [4.78, 5) is 30.0. The number of aryl methyl sites for hydroxylation is 2. The van der Waals surface area contributed by atoms with Gasteiger partial charge in [0.05, 0.1) is 18.4 Å². The summed E-state index contributed by atoms with van der Waals surface area (Å²) in [5, 5.41) is 14.4. The number of anilines is 2. The maximum atomic E-state index is 14.0. The lowest BCUT2D eigenvalue weighted by atomic mass is 9.65. The largest absolute Gasteiger partial charge is 0.335 e. The lowest BCUT2D eigenvalue weighted by Gasteiger charge is -2.47. The van der Waals surface area contributed by atoms with Crippen LogP contribution in [-0.4, -0.2) is 52.3 Å². The lowest BCUT2D eigenvalue weighted by Crippen LogP contribution is -2.50. The third kappa shape index (κ3) is 5.07. The molecule has 1 spiro atoms. The molecule has 1 saturated carbocycles. The fraction of sp³-hybridized carbons (Fsp3) is 0.448. The van der Waals surface area contributed by atoms with Gasteiger partial charge >= 0.3 is 0 Å². The summed E-state index contributed by atoms with van der Waals surface area (Å²) >= 11 is 0. The van der Waals surface area contributed by atoms with Crippen LogP contribution < -0.4 is 5.32 Å². The van der Waals surface area contributed by atoms with E-state index >= 15 is 0 Å². The molecule has 0 radical (unpaired) electrons. The Morgan fingerprint density at radius 1 is 1.10 bits per heavy atom. The Balaban J connectivity index is 1.13. The van der Waals surface area contributed by atoms with Crippen molar-refractivity contribution in [1.29, 1.82) is 0 Å². The summed E-state index contributed by atoms with van der Waals surface area (Å²) in [7, 11) is 0. The Morgan fingerprint density at radius 2 is 1.93 bits per heavy atom.